The highest BCUT2D eigenvalue weighted by atomic mass is 35.5. The summed E-state index contributed by atoms with van der Waals surface area (Å²) >= 11 is 7.54. The summed E-state index contributed by atoms with van der Waals surface area (Å²) in [5.74, 6) is -0.592. The molecule has 7 heteroatoms. The molecule has 2 atom stereocenters. The van der Waals surface area contributed by atoms with E-state index in [0.29, 0.717) is 30.1 Å². The van der Waals surface area contributed by atoms with Crippen molar-refractivity contribution in [3.63, 3.8) is 0 Å². The number of amides is 1. The van der Waals surface area contributed by atoms with Gasteiger partial charge in [-0.25, -0.2) is 0 Å². The maximum Gasteiger partial charge on any atom is 0.303 e. The number of hydrogen-bond donors (Lipinski definition) is 2. The summed E-state index contributed by atoms with van der Waals surface area (Å²) < 4.78 is 0.708. The summed E-state index contributed by atoms with van der Waals surface area (Å²) in [7, 11) is 0. The van der Waals surface area contributed by atoms with E-state index in [0.717, 1.165) is 37.7 Å². The van der Waals surface area contributed by atoms with E-state index in [2.05, 4.69) is 0 Å². The van der Waals surface area contributed by atoms with E-state index in [1.165, 1.54) is 11.3 Å². The topological polar surface area (TPSA) is 77.8 Å². The molecule has 1 aromatic rings. The Morgan fingerprint density at radius 1 is 1.37 bits per heavy atom. The molecule has 0 saturated carbocycles. The van der Waals surface area contributed by atoms with E-state index in [4.69, 9.17) is 16.7 Å². The molecule has 2 rings (SSSR count). The van der Waals surface area contributed by atoms with Gasteiger partial charge >= 0.3 is 5.97 Å². The number of carboxylic acid groups (broad SMARTS) is 1. The highest BCUT2D eigenvalue weighted by Gasteiger charge is 2.25. The van der Waals surface area contributed by atoms with Gasteiger partial charge in [0.1, 0.15) is 0 Å². The van der Waals surface area contributed by atoms with Crippen molar-refractivity contribution in [2.75, 3.05) is 6.54 Å². The molecule has 1 amide bonds. The van der Waals surface area contributed by atoms with Gasteiger partial charge in [0.25, 0.3) is 0 Å². The molecule has 2 heterocycles. The minimum Gasteiger partial charge on any atom is -0.481 e. The average Bonchev–Trinajstić information content (AvgIpc) is 3.02. The average molecular weight is 414 g/mol. The number of carboxylic acids is 1. The normalized spacial score (nSPS) is 19.0. The van der Waals surface area contributed by atoms with Gasteiger partial charge in [-0.05, 0) is 42.7 Å². The number of aliphatic carboxylic acids is 1. The third-order valence-corrected chi connectivity index (χ3v) is 6.08. The van der Waals surface area contributed by atoms with Gasteiger partial charge in [-0.3, -0.25) is 9.59 Å². The van der Waals surface area contributed by atoms with Crippen molar-refractivity contribution >= 4 is 34.8 Å². The highest BCUT2D eigenvalue weighted by Crippen LogP contribution is 2.25. The molecule has 5 nitrogen and oxygen atoms in total. The molecular formula is C20H28ClNO4S. The molecule has 0 aliphatic carbocycles. The number of thiophene rings is 1. The molecule has 1 aliphatic rings. The van der Waals surface area contributed by atoms with Crippen LogP contribution >= 0.6 is 22.9 Å². The second-order valence-electron chi connectivity index (χ2n) is 6.98. The number of aliphatic hydroxyl groups excluding tert-OH is 1. The molecule has 0 spiro atoms. The zero-order chi connectivity index (χ0) is 19.6. The molecular weight excluding hydrogens is 386 g/mol. The summed E-state index contributed by atoms with van der Waals surface area (Å²) in [6.07, 6.45) is 9.51. The highest BCUT2D eigenvalue weighted by molar-refractivity contribution is 7.14. The zero-order valence-corrected chi connectivity index (χ0v) is 17.1. The number of rotatable bonds is 11. The lowest BCUT2D eigenvalue weighted by Gasteiger charge is -2.34. The Morgan fingerprint density at radius 2 is 2.15 bits per heavy atom. The van der Waals surface area contributed by atoms with Gasteiger partial charge in [0, 0.05) is 25.8 Å². The van der Waals surface area contributed by atoms with Crippen LogP contribution in [0, 0.1) is 0 Å². The van der Waals surface area contributed by atoms with Gasteiger partial charge in [0.05, 0.1) is 16.5 Å². The first-order chi connectivity index (χ1) is 13.0. The summed E-state index contributed by atoms with van der Waals surface area (Å²) in [5, 5.41) is 20.8. The lowest BCUT2D eigenvalue weighted by Crippen LogP contribution is -2.43. The molecule has 150 valence electrons. The van der Waals surface area contributed by atoms with Crippen LogP contribution in [0.5, 0.6) is 0 Å². The summed E-state index contributed by atoms with van der Waals surface area (Å²) in [6.45, 7) is 0.688. The van der Waals surface area contributed by atoms with Crippen LogP contribution in [0.15, 0.2) is 23.6 Å². The van der Waals surface area contributed by atoms with Crippen molar-refractivity contribution in [3.8, 4) is 0 Å². The van der Waals surface area contributed by atoms with Crippen molar-refractivity contribution in [1.82, 2.24) is 4.90 Å². The SMILES string of the molecule is O=C(O)CCCCCCN1C(=O)CCC[C@@H]1/C=C/C(O)Cc1ccsc1Cl. The number of piperidine rings is 1. The number of nitrogens with zero attached hydrogens (tertiary/aromatic N) is 1. The maximum absolute atomic E-state index is 12.3. The Labute approximate surface area is 169 Å². The van der Waals surface area contributed by atoms with Crippen LogP contribution in [0.2, 0.25) is 4.34 Å². The quantitative estimate of drug-likeness (QED) is 0.419. The Morgan fingerprint density at radius 3 is 2.85 bits per heavy atom. The van der Waals surface area contributed by atoms with Gasteiger partial charge < -0.3 is 15.1 Å². The number of unbranched alkanes of at least 4 members (excludes halogenated alkanes) is 3. The summed E-state index contributed by atoms with van der Waals surface area (Å²) in [6, 6.07) is 1.95. The predicted octanol–water partition coefficient (Wildman–Crippen LogP) is 4.28. The molecule has 1 saturated heterocycles. The van der Waals surface area contributed by atoms with E-state index in [9.17, 15) is 14.7 Å². The van der Waals surface area contributed by atoms with Crippen LogP contribution in [0.1, 0.15) is 56.9 Å². The van der Waals surface area contributed by atoms with Crippen molar-refractivity contribution in [1.29, 1.82) is 0 Å². The predicted molar refractivity (Wildman–Crippen MR) is 108 cm³/mol. The van der Waals surface area contributed by atoms with E-state index in [1.807, 2.05) is 22.4 Å². The maximum atomic E-state index is 12.3. The first-order valence-corrected chi connectivity index (χ1v) is 10.8. The van der Waals surface area contributed by atoms with Crippen LogP contribution in [0.3, 0.4) is 0 Å². The lowest BCUT2D eigenvalue weighted by molar-refractivity contribution is -0.137. The number of likely N-dealkylation sites (tertiary alicyclic amines) is 1. The van der Waals surface area contributed by atoms with Gasteiger partial charge in [0.2, 0.25) is 5.91 Å². The van der Waals surface area contributed by atoms with Crippen LogP contribution in [-0.2, 0) is 16.0 Å². The second-order valence-corrected chi connectivity index (χ2v) is 8.50. The lowest BCUT2D eigenvalue weighted by atomic mass is 9.99. The van der Waals surface area contributed by atoms with Gasteiger partial charge in [-0.2, -0.15) is 0 Å². The molecule has 1 unspecified atom stereocenters. The molecule has 0 aromatic carbocycles. The van der Waals surface area contributed by atoms with Crippen molar-refractivity contribution in [3.05, 3.63) is 33.5 Å². The van der Waals surface area contributed by atoms with Gasteiger partial charge in [0.15, 0.2) is 0 Å². The van der Waals surface area contributed by atoms with Gasteiger partial charge in [-0.15, -0.1) is 11.3 Å². The molecule has 27 heavy (non-hydrogen) atoms. The first-order valence-electron chi connectivity index (χ1n) is 9.57. The Balaban J connectivity index is 1.80. The molecule has 1 aromatic heterocycles. The largest absolute Gasteiger partial charge is 0.481 e. The molecule has 1 fully saturated rings. The first kappa shape index (κ1) is 21.9. The van der Waals surface area contributed by atoms with E-state index in [1.54, 1.807) is 6.08 Å². The Kier molecular flexibility index (Phi) is 9.31. The minimum atomic E-state index is -0.756. The summed E-state index contributed by atoms with van der Waals surface area (Å²) in [4.78, 5) is 24.7. The van der Waals surface area contributed by atoms with E-state index >= 15 is 0 Å². The van der Waals surface area contributed by atoms with Crippen molar-refractivity contribution in [2.45, 2.75) is 69.9 Å². The third-order valence-electron chi connectivity index (χ3n) is 4.83. The third kappa shape index (κ3) is 7.64. The number of halogens is 1. The van der Waals surface area contributed by atoms with Crippen molar-refractivity contribution in [2.24, 2.45) is 0 Å². The fraction of sp³-hybridized carbons (Fsp3) is 0.600. The van der Waals surface area contributed by atoms with Crippen LogP contribution in [-0.4, -0.2) is 45.7 Å². The van der Waals surface area contributed by atoms with Gasteiger partial charge in [-0.1, -0.05) is 36.6 Å². The molecule has 2 N–H and O–H groups in total. The number of hydrogen-bond acceptors (Lipinski definition) is 4. The standard InChI is InChI=1S/C20H28ClNO4S/c21-20-15(11-13-27-20)14-17(23)10-9-16-6-5-7-18(24)22(16)12-4-2-1-3-8-19(25)26/h9-11,13,16-17,23H,1-8,12,14H2,(H,25,26)/b10-9+/t16-,17?/m1/s1. The van der Waals surface area contributed by atoms with E-state index in [-0.39, 0.29) is 18.4 Å². The Bertz CT molecular complexity index is 646. The van der Waals surface area contributed by atoms with Crippen LogP contribution < -0.4 is 0 Å². The molecule has 0 bridgehead atoms. The van der Waals surface area contributed by atoms with Crippen molar-refractivity contribution < 1.29 is 19.8 Å². The molecule has 1 aliphatic heterocycles. The zero-order valence-electron chi connectivity index (χ0n) is 15.5. The Hall–Kier alpha value is -1.37. The number of carbonyl (C=O) groups excluding carboxylic acids is 1. The monoisotopic (exact) mass is 413 g/mol. The fourth-order valence-electron chi connectivity index (χ4n) is 3.36. The smallest absolute Gasteiger partial charge is 0.303 e. The number of aliphatic hydroxyl groups is 1. The molecule has 0 radical (unpaired) electrons. The minimum absolute atomic E-state index is 0.0258. The van der Waals surface area contributed by atoms with Crippen LogP contribution in [0.4, 0.5) is 0 Å². The van der Waals surface area contributed by atoms with E-state index < -0.39 is 12.1 Å². The fourth-order valence-corrected chi connectivity index (χ4v) is 4.31. The number of carbonyl (C=O) groups is 2. The second kappa shape index (κ2) is 11.5. The summed E-state index contributed by atoms with van der Waals surface area (Å²) in [5.41, 5.74) is 0.941. The van der Waals surface area contributed by atoms with Crippen LogP contribution in [0.25, 0.3) is 0 Å².